The molecule has 0 saturated carbocycles. The fraction of sp³-hybridized carbons (Fsp3) is 0.200. The number of nitrogens with zero attached hydrogens (tertiary/aromatic N) is 2. The second-order valence-electron chi connectivity index (χ2n) is 4.18. The molecule has 0 aliphatic carbocycles. The first kappa shape index (κ1) is 14.4. The number of benzene rings is 1. The van der Waals surface area contributed by atoms with Crippen molar-refractivity contribution in [2.24, 2.45) is 0 Å². The van der Waals surface area contributed by atoms with Gasteiger partial charge in [-0.15, -0.1) is 0 Å². The van der Waals surface area contributed by atoms with E-state index in [1.807, 2.05) is 49.4 Å². The Kier molecular flexibility index (Phi) is 4.97. The van der Waals surface area contributed by atoms with E-state index in [1.165, 1.54) is 0 Å². The third-order valence-corrected chi connectivity index (χ3v) is 3.23. The van der Waals surface area contributed by atoms with Gasteiger partial charge in [0.15, 0.2) is 6.61 Å². The van der Waals surface area contributed by atoms with Crippen LogP contribution in [0.15, 0.2) is 41.0 Å². The first-order chi connectivity index (χ1) is 9.70. The Morgan fingerprint density at radius 2 is 2.10 bits per heavy atom. The van der Waals surface area contributed by atoms with Crippen LogP contribution >= 0.6 is 15.9 Å². The average molecular weight is 332 g/mol. The van der Waals surface area contributed by atoms with Crippen molar-refractivity contribution in [1.82, 2.24) is 4.98 Å². The standard InChI is InChI=1S/C15H14BrN3O/c1-11-13(6-7-15(16)19-11)18-10-12-4-2-3-5-14(12)20-9-8-17/h2-7,18H,9-10H2,1H3. The number of nitrogens with one attached hydrogen (secondary N) is 1. The van der Waals surface area contributed by atoms with Crippen LogP contribution in [0.5, 0.6) is 5.75 Å². The first-order valence-electron chi connectivity index (χ1n) is 6.15. The zero-order chi connectivity index (χ0) is 14.4. The average Bonchev–Trinajstić information content (AvgIpc) is 2.45. The number of ether oxygens (including phenoxy) is 1. The van der Waals surface area contributed by atoms with Crippen molar-refractivity contribution < 1.29 is 4.74 Å². The van der Waals surface area contributed by atoms with E-state index >= 15 is 0 Å². The summed E-state index contributed by atoms with van der Waals surface area (Å²) in [5, 5.41) is 11.9. The second kappa shape index (κ2) is 6.92. The zero-order valence-corrected chi connectivity index (χ0v) is 12.6. The molecule has 0 radical (unpaired) electrons. The summed E-state index contributed by atoms with van der Waals surface area (Å²) in [6.07, 6.45) is 0. The quantitative estimate of drug-likeness (QED) is 0.849. The van der Waals surface area contributed by atoms with Gasteiger partial charge in [0.25, 0.3) is 0 Å². The number of halogens is 1. The summed E-state index contributed by atoms with van der Waals surface area (Å²) >= 11 is 3.34. The Morgan fingerprint density at radius 1 is 1.30 bits per heavy atom. The molecule has 2 rings (SSSR count). The molecule has 0 aliphatic rings. The summed E-state index contributed by atoms with van der Waals surface area (Å²) in [6, 6.07) is 13.5. The predicted octanol–water partition coefficient (Wildman–Crippen LogP) is 3.67. The molecule has 0 amide bonds. The fourth-order valence-electron chi connectivity index (χ4n) is 1.81. The van der Waals surface area contributed by atoms with Gasteiger partial charge in [-0.3, -0.25) is 0 Å². The Labute approximate surface area is 126 Å². The number of pyridine rings is 1. The molecule has 5 heteroatoms. The molecule has 0 unspecified atom stereocenters. The van der Waals surface area contributed by atoms with Gasteiger partial charge in [-0.2, -0.15) is 5.26 Å². The number of hydrogen-bond donors (Lipinski definition) is 1. The van der Waals surface area contributed by atoms with Crippen LogP contribution in [0.3, 0.4) is 0 Å². The summed E-state index contributed by atoms with van der Waals surface area (Å²) in [5.41, 5.74) is 2.91. The Morgan fingerprint density at radius 3 is 2.85 bits per heavy atom. The summed E-state index contributed by atoms with van der Waals surface area (Å²) < 4.78 is 6.22. The van der Waals surface area contributed by atoms with Crippen LogP contribution < -0.4 is 10.1 Å². The third kappa shape index (κ3) is 3.72. The van der Waals surface area contributed by atoms with Gasteiger partial charge in [-0.1, -0.05) is 18.2 Å². The maximum Gasteiger partial charge on any atom is 0.174 e. The first-order valence-corrected chi connectivity index (χ1v) is 6.94. The molecular formula is C15H14BrN3O. The molecule has 0 spiro atoms. The highest BCUT2D eigenvalue weighted by Crippen LogP contribution is 2.21. The number of aromatic nitrogens is 1. The van der Waals surface area contributed by atoms with Crippen molar-refractivity contribution in [3.63, 3.8) is 0 Å². The molecule has 1 N–H and O–H groups in total. The van der Waals surface area contributed by atoms with E-state index < -0.39 is 0 Å². The van der Waals surface area contributed by atoms with Gasteiger partial charge in [0.1, 0.15) is 16.4 Å². The number of nitriles is 1. The Bertz CT molecular complexity index is 637. The summed E-state index contributed by atoms with van der Waals surface area (Å²) in [5.74, 6) is 0.726. The van der Waals surface area contributed by atoms with Gasteiger partial charge < -0.3 is 10.1 Å². The smallest absolute Gasteiger partial charge is 0.174 e. The minimum Gasteiger partial charge on any atom is -0.478 e. The molecule has 102 valence electrons. The van der Waals surface area contributed by atoms with Gasteiger partial charge in [-0.05, 0) is 41.1 Å². The lowest BCUT2D eigenvalue weighted by atomic mass is 10.2. The molecule has 0 saturated heterocycles. The van der Waals surface area contributed by atoms with Gasteiger partial charge in [0.2, 0.25) is 0 Å². The molecule has 0 aliphatic heterocycles. The highest BCUT2D eigenvalue weighted by atomic mass is 79.9. The normalized spacial score (nSPS) is 9.85. The Balaban J connectivity index is 2.09. The largest absolute Gasteiger partial charge is 0.478 e. The molecule has 1 aromatic carbocycles. The van der Waals surface area contributed by atoms with Crippen LogP contribution in [0.1, 0.15) is 11.3 Å². The lowest BCUT2D eigenvalue weighted by Crippen LogP contribution is -2.05. The summed E-state index contributed by atoms with van der Waals surface area (Å²) in [7, 11) is 0. The van der Waals surface area contributed by atoms with Crippen LogP contribution in [-0.4, -0.2) is 11.6 Å². The summed E-state index contributed by atoms with van der Waals surface area (Å²) in [4.78, 5) is 4.34. The van der Waals surface area contributed by atoms with Gasteiger partial charge in [0.05, 0.1) is 11.4 Å². The van der Waals surface area contributed by atoms with Crippen molar-refractivity contribution >= 4 is 21.6 Å². The lowest BCUT2D eigenvalue weighted by molar-refractivity contribution is 0.364. The second-order valence-corrected chi connectivity index (χ2v) is 4.99. The highest BCUT2D eigenvalue weighted by molar-refractivity contribution is 9.10. The van der Waals surface area contributed by atoms with Gasteiger partial charge in [-0.25, -0.2) is 4.98 Å². The van der Waals surface area contributed by atoms with Crippen molar-refractivity contribution in [2.75, 3.05) is 11.9 Å². The molecule has 20 heavy (non-hydrogen) atoms. The van der Waals surface area contributed by atoms with Crippen LogP contribution in [0.4, 0.5) is 5.69 Å². The van der Waals surface area contributed by atoms with E-state index in [-0.39, 0.29) is 6.61 Å². The molecular weight excluding hydrogens is 318 g/mol. The van der Waals surface area contributed by atoms with Crippen LogP contribution in [0.2, 0.25) is 0 Å². The third-order valence-electron chi connectivity index (χ3n) is 2.79. The number of aryl methyl sites for hydroxylation is 1. The van der Waals surface area contributed by atoms with E-state index in [1.54, 1.807) is 0 Å². The number of para-hydroxylation sites is 1. The minimum absolute atomic E-state index is 0.0515. The molecule has 1 aromatic heterocycles. The molecule has 2 aromatic rings. The van der Waals surface area contributed by atoms with Gasteiger partial charge in [0, 0.05) is 12.1 Å². The number of hydrogen-bond acceptors (Lipinski definition) is 4. The van der Waals surface area contributed by atoms with Crippen LogP contribution in [0, 0.1) is 18.3 Å². The monoisotopic (exact) mass is 331 g/mol. The van der Waals surface area contributed by atoms with Crippen molar-refractivity contribution in [3.8, 4) is 11.8 Å². The van der Waals surface area contributed by atoms with E-state index in [0.717, 1.165) is 27.3 Å². The van der Waals surface area contributed by atoms with Gasteiger partial charge >= 0.3 is 0 Å². The minimum atomic E-state index is 0.0515. The topological polar surface area (TPSA) is 57.9 Å². The highest BCUT2D eigenvalue weighted by Gasteiger charge is 2.04. The molecule has 0 fully saturated rings. The molecule has 4 nitrogen and oxygen atoms in total. The maximum atomic E-state index is 8.59. The van der Waals surface area contributed by atoms with E-state index in [4.69, 9.17) is 10.00 Å². The maximum absolute atomic E-state index is 8.59. The molecule has 0 bridgehead atoms. The van der Waals surface area contributed by atoms with E-state index in [2.05, 4.69) is 26.2 Å². The molecule has 1 heterocycles. The SMILES string of the molecule is Cc1nc(Br)ccc1NCc1ccccc1OCC#N. The summed E-state index contributed by atoms with van der Waals surface area (Å²) in [6.45, 7) is 2.62. The molecule has 0 atom stereocenters. The van der Waals surface area contributed by atoms with Crippen molar-refractivity contribution in [2.45, 2.75) is 13.5 Å². The lowest BCUT2D eigenvalue weighted by Gasteiger charge is -2.12. The van der Waals surface area contributed by atoms with Crippen LogP contribution in [-0.2, 0) is 6.54 Å². The Hall–Kier alpha value is -2.06. The zero-order valence-electron chi connectivity index (χ0n) is 11.1. The van der Waals surface area contributed by atoms with E-state index in [0.29, 0.717) is 6.54 Å². The number of rotatable bonds is 5. The fourth-order valence-corrected chi connectivity index (χ4v) is 2.21. The predicted molar refractivity (Wildman–Crippen MR) is 81.6 cm³/mol. The van der Waals surface area contributed by atoms with Crippen LogP contribution in [0.25, 0.3) is 0 Å². The van der Waals surface area contributed by atoms with Crippen molar-refractivity contribution in [1.29, 1.82) is 5.26 Å². The van der Waals surface area contributed by atoms with E-state index in [9.17, 15) is 0 Å². The van der Waals surface area contributed by atoms with Crippen molar-refractivity contribution in [3.05, 3.63) is 52.3 Å². The number of anilines is 1.